The van der Waals surface area contributed by atoms with Crippen LogP contribution in [-0.2, 0) is 17.7 Å². The van der Waals surface area contributed by atoms with E-state index >= 15 is 0 Å². The molecule has 5 heteroatoms. The van der Waals surface area contributed by atoms with Crippen LogP contribution in [0.5, 0.6) is 0 Å². The van der Waals surface area contributed by atoms with Crippen molar-refractivity contribution in [2.75, 3.05) is 7.11 Å². The fourth-order valence-electron chi connectivity index (χ4n) is 3.30. The highest BCUT2D eigenvalue weighted by molar-refractivity contribution is 4.97. The average molecular weight is 295 g/mol. The molecular weight excluding hydrogens is 266 g/mol. The van der Waals surface area contributed by atoms with Crippen molar-refractivity contribution >= 4 is 0 Å². The number of aliphatic hydroxyl groups excluding tert-OH is 1. The number of ether oxygens (including phenoxy) is 1. The quantitative estimate of drug-likeness (QED) is 0.819. The van der Waals surface area contributed by atoms with Crippen LogP contribution in [0.4, 0.5) is 0 Å². The van der Waals surface area contributed by atoms with Gasteiger partial charge in [-0.25, -0.2) is 9.67 Å². The Hall–Kier alpha value is -0.940. The fourth-order valence-corrected chi connectivity index (χ4v) is 3.30. The number of hydrogen-bond donors (Lipinski definition) is 1. The minimum Gasteiger partial charge on any atom is -0.390 e. The van der Waals surface area contributed by atoms with Gasteiger partial charge in [0.25, 0.3) is 0 Å². The summed E-state index contributed by atoms with van der Waals surface area (Å²) in [5.41, 5.74) is -0.412. The standard InChI is InChI=1S/C16H29N3O2/c1-13(2)11-19-15(17-12-18-19)10-14(20)16(21-3)8-6-4-5-7-9-16/h12-14,20H,4-11H2,1-3H3. The van der Waals surface area contributed by atoms with Gasteiger partial charge < -0.3 is 9.84 Å². The predicted octanol–water partition coefficient (Wildman–Crippen LogP) is 2.58. The molecule has 0 bridgehead atoms. The molecule has 1 fully saturated rings. The summed E-state index contributed by atoms with van der Waals surface area (Å²) in [4.78, 5) is 4.33. The molecule has 0 aromatic carbocycles. The summed E-state index contributed by atoms with van der Waals surface area (Å²) in [5, 5.41) is 15.0. The normalized spacial score (nSPS) is 20.4. The first-order valence-corrected chi connectivity index (χ1v) is 8.17. The molecule has 0 radical (unpaired) electrons. The van der Waals surface area contributed by atoms with E-state index in [1.165, 1.54) is 12.8 Å². The summed E-state index contributed by atoms with van der Waals surface area (Å²) < 4.78 is 7.69. The van der Waals surface area contributed by atoms with Crippen molar-refractivity contribution in [3.8, 4) is 0 Å². The molecule has 120 valence electrons. The van der Waals surface area contributed by atoms with Crippen molar-refractivity contribution in [2.24, 2.45) is 5.92 Å². The summed E-state index contributed by atoms with van der Waals surface area (Å²) in [6.07, 6.45) is 8.18. The van der Waals surface area contributed by atoms with E-state index in [2.05, 4.69) is 23.9 Å². The van der Waals surface area contributed by atoms with Gasteiger partial charge in [-0.2, -0.15) is 5.10 Å². The molecule has 1 atom stereocenters. The van der Waals surface area contributed by atoms with Crippen LogP contribution in [0.1, 0.15) is 58.2 Å². The maximum atomic E-state index is 10.8. The lowest BCUT2D eigenvalue weighted by Gasteiger charge is -2.36. The van der Waals surface area contributed by atoms with Crippen molar-refractivity contribution in [1.29, 1.82) is 0 Å². The molecule has 1 aromatic rings. The summed E-state index contributed by atoms with van der Waals surface area (Å²) in [6.45, 7) is 5.15. The van der Waals surface area contributed by atoms with Crippen molar-refractivity contribution in [1.82, 2.24) is 14.8 Å². The van der Waals surface area contributed by atoms with Gasteiger partial charge in [0.1, 0.15) is 12.2 Å². The van der Waals surface area contributed by atoms with Crippen LogP contribution in [0.3, 0.4) is 0 Å². The van der Waals surface area contributed by atoms with Crippen LogP contribution in [0, 0.1) is 5.92 Å². The Morgan fingerprint density at radius 2 is 1.95 bits per heavy atom. The zero-order valence-electron chi connectivity index (χ0n) is 13.6. The molecule has 0 spiro atoms. The second-order valence-corrected chi connectivity index (χ2v) is 6.66. The topological polar surface area (TPSA) is 60.2 Å². The molecule has 21 heavy (non-hydrogen) atoms. The minimum atomic E-state index is -0.518. The third-order valence-corrected chi connectivity index (χ3v) is 4.57. The lowest BCUT2D eigenvalue weighted by molar-refractivity contribution is -0.111. The van der Waals surface area contributed by atoms with Gasteiger partial charge in [-0.05, 0) is 18.8 Å². The first kappa shape index (κ1) is 16.4. The molecule has 2 rings (SSSR count). The maximum Gasteiger partial charge on any atom is 0.138 e. The van der Waals surface area contributed by atoms with E-state index in [1.54, 1.807) is 13.4 Å². The smallest absolute Gasteiger partial charge is 0.138 e. The van der Waals surface area contributed by atoms with Crippen LogP contribution in [-0.4, -0.2) is 38.7 Å². The van der Waals surface area contributed by atoms with Crippen molar-refractivity contribution in [3.63, 3.8) is 0 Å². The van der Waals surface area contributed by atoms with E-state index in [0.29, 0.717) is 12.3 Å². The zero-order chi connectivity index (χ0) is 15.3. The monoisotopic (exact) mass is 295 g/mol. The Labute approximate surface area is 127 Å². The molecule has 0 aliphatic heterocycles. The molecule has 1 aliphatic carbocycles. The number of aromatic nitrogens is 3. The van der Waals surface area contributed by atoms with Crippen LogP contribution >= 0.6 is 0 Å². The Morgan fingerprint density at radius 1 is 1.29 bits per heavy atom. The van der Waals surface area contributed by atoms with Gasteiger partial charge in [-0.15, -0.1) is 0 Å². The lowest BCUT2D eigenvalue weighted by Crippen LogP contribution is -2.45. The molecule has 1 aromatic heterocycles. The summed E-state index contributed by atoms with van der Waals surface area (Å²) in [5.74, 6) is 1.37. The second-order valence-electron chi connectivity index (χ2n) is 6.66. The average Bonchev–Trinajstić information content (AvgIpc) is 2.74. The fraction of sp³-hybridized carbons (Fsp3) is 0.875. The predicted molar refractivity (Wildman–Crippen MR) is 82.0 cm³/mol. The first-order chi connectivity index (χ1) is 10.1. The zero-order valence-corrected chi connectivity index (χ0v) is 13.6. The molecule has 1 heterocycles. The largest absolute Gasteiger partial charge is 0.390 e. The number of hydrogen-bond acceptors (Lipinski definition) is 4. The van der Waals surface area contributed by atoms with Gasteiger partial charge in [0, 0.05) is 20.1 Å². The van der Waals surface area contributed by atoms with Crippen molar-refractivity contribution < 1.29 is 9.84 Å². The Bertz CT molecular complexity index is 423. The Morgan fingerprint density at radius 3 is 2.52 bits per heavy atom. The highest BCUT2D eigenvalue weighted by Gasteiger charge is 2.38. The highest BCUT2D eigenvalue weighted by atomic mass is 16.5. The lowest BCUT2D eigenvalue weighted by atomic mass is 9.86. The van der Waals surface area contributed by atoms with Gasteiger partial charge in [-0.3, -0.25) is 0 Å². The van der Waals surface area contributed by atoms with E-state index in [4.69, 9.17) is 4.74 Å². The second kappa shape index (κ2) is 7.36. The van der Waals surface area contributed by atoms with E-state index in [1.807, 2.05) is 4.68 Å². The van der Waals surface area contributed by atoms with Gasteiger partial charge in [0.05, 0.1) is 11.7 Å². The Balaban J connectivity index is 2.08. The molecule has 5 nitrogen and oxygen atoms in total. The highest BCUT2D eigenvalue weighted by Crippen LogP contribution is 2.34. The third kappa shape index (κ3) is 4.04. The van der Waals surface area contributed by atoms with Crippen LogP contribution in [0.15, 0.2) is 6.33 Å². The van der Waals surface area contributed by atoms with Gasteiger partial charge in [-0.1, -0.05) is 39.5 Å². The first-order valence-electron chi connectivity index (χ1n) is 8.17. The molecule has 1 unspecified atom stereocenters. The third-order valence-electron chi connectivity index (χ3n) is 4.57. The Kier molecular flexibility index (Phi) is 5.76. The summed E-state index contributed by atoms with van der Waals surface area (Å²) in [6, 6.07) is 0. The minimum absolute atomic E-state index is 0.412. The summed E-state index contributed by atoms with van der Waals surface area (Å²) >= 11 is 0. The van der Waals surface area contributed by atoms with E-state index in [-0.39, 0.29) is 0 Å². The molecule has 1 saturated carbocycles. The maximum absolute atomic E-state index is 10.8. The van der Waals surface area contributed by atoms with Crippen molar-refractivity contribution in [3.05, 3.63) is 12.2 Å². The summed E-state index contributed by atoms with van der Waals surface area (Å²) in [7, 11) is 1.73. The SMILES string of the molecule is COC1(C(O)Cc2ncnn2CC(C)C)CCCCCC1. The number of aliphatic hydroxyl groups is 1. The molecule has 0 amide bonds. The van der Waals surface area contributed by atoms with E-state index in [9.17, 15) is 5.11 Å². The van der Waals surface area contributed by atoms with E-state index in [0.717, 1.165) is 38.1 Å². The number of rotatable bonds is 6. The van der Waals surface area contributed by atoms with Crippen LogP contribution in [0.2, 0.25) is 0 Å². The number of nitrogens with zero attached hydrogens (tertiary/aromatic N) is 3. The van der Waals surface area contributed by atoms with Gasteiger partial charge in [0.2, 0.25) is 0 Å². The van der Waals surface area contributed by atoms with Crippen molar-refractivity contribution in [2.45, 2.75) is 77.0 Å². The molecule has 1 N–H and O–H groups in total. The number of methoxy groups -OCH3 is 1. The van der Waals surface area contributed by atoms with Gasteiger partial charge >= 0.3 is 0 Å². The molecular formula is C16H29N3O2. The van der Waals surface area contributed by atoms with Crippen LogP contribution < -0.4 is 0 Å². The van der Waals surface area contributed by atoms with E-state index < -0.39 is 11.7 Å². The van der Waals surface area contributed by atoms with Gasteiger partial charge in [0.15, 0.2) is 0 Å². The van der Waals surface area contributed by atoms with Crippen LogP contribution in [0.25, 0.3) is 0 Å². The molecule has 0 saturated heterocycles. The molecule has 1 aliphatic rings.